The van der Waals surface area contributed by atoms with Gasteiger partial charge in [-0.1, -0.05) is 17.7 Å². The van der Waals surface area contributed by atoms with Crippen LogP contribution in [0.15, 0.2) is 48.5 Å². The van der Waals surface area contributed by atoms with Crippen molar-refractivity contribution in [1.29, 1.82) is 0 Å². The van der Waals surface area contributed by atoms with Crippen molar-refractivity contribution in [2.24, 2.45) is 0 Å². The van der Waals surface area contributed by atoms with E-state index in [2.05, 4.69) is 5.32 Å². The second-order valence-electron chi connectivity index (χ2n) is 4.81. The maximum Gasteiger partial charge on any atom is 0.260 e. The molecule has 0 fully saturated rings. The Morgan fingerprint density at radius 3 is 2.65 bits per heavy atom. The summed E-state index contributed by atoms with van der Waals surface area (Å²) < 4.78 is 23.6. The molecule has 2 aromatic rings. The van der Waals surface area contributed by atoms with Crippen LogP contribution in [-0.2, 0) is 4.79 Å². The van der Waals surface area contributed by atoms with Crippen LogP contribution < -0.4 is 14.8 Å². The molecule has 1 atom stereocenters. The second kappa shape index (κ2) is 8.39. The van der Waals surface area contributed by atoms with Crippen LogP contribution in [0.2, 0.25) is 5.02 Å². The van der Waals surface area contributed by atoms with Gasteiger partial charge in [-0.25, -0.2) is 4.39 Å². The SMILES string of the molecule is C[C@@H](Oc1cccc(Cl)c1)C(=O)NCCOc1ccc(F)cc1. The molecule has 0 aromatic heterocycles. The molecule has 23 heavy (non-hydrogen) atoms. The van der Waals surface area contributed by atoms with Gasteiger partial charge < -0.3 is 14.8 Å². The smallest absolute Gasteiger partial charge is 0.260 e. The summed E-state index contributed by atoms with van der Waals surface area (Å²) in [4.78, 5) is 11.9. The van der Waals surface area contributed by atoms with Gasteiger partial charge in [0.25, 0.3) is 5.91 Å². The van der Waals surface area contributed by atoms with Crippen LogP contribution in [0.3, 0.4) is 0 Å². The molecule has 0 bridgehead atoms. The lowest BCUT2D eigenvalue weighted by molar-refractivity contribution is -0.127. The van der Waals surface area contributed by atoms with Gasteiger partial charge in [0.1, 0.15) is 23.9 Å². The highest BCUT2D eigenvalue weighted by molar-refractivity contribution is 6.30. The van der Waals surface area contributed by atoms with Gasteiger partial charge in [-0.2, -0.15) is 0 Å². The maximum absolute atomic E-state index is 12.7. The van der Waals surface area contributed by atoms with Crippen LogP contribution in [0.25, 0.3) is 0 Å². The van der Waals surface area contributed by atoms with E-state index in [4.69, 9.17) is 21.1 Å². The molecule has 122 valence electrons. The number of halogens is 2. The molecule has 0 saturated heterocycles. The molecule has 4 nitrogen and oxygen atoms in total. The zero-order valence-corrected chi connectivity index (χ0v) is 13.3. The minimum atomic E-state index is -0.653. The molecular weight excluding hydrogens is 321 g/mol. The number of ether oxygens (including phenoxy) is 2. The highest BCUT2D eigenvalue weighted by atomic mass is 35.5. The predicted molar refractivity (Wildman–Crippen MR) is 86.4 cm³/mol. The first-order valence-electron chi connectivity index (χ1n) is 7.13. The van der Waals surface area contributed by atoms with Gasteiger partial charge in [-0.05, 0) is 49.4 Å². The third-order valence-corrected chi connectivity index (χ3v) is 3.20. The lowest BCUT2D eigenvalue weighted by atomic mass is 10.3. The number of hydrogen-bond acceptors (Lipinski definition) is 3. The predicted octanol–water partition coefficient (Wildman–Crippen LogP) is 3.44. The summed E-state index contributed by atoms with van der Waals surface area (Å²) in [6.45, 7) is 2.25. The van der Waals surface area contributed by atoms with Gasteiger partial charge in [0, 0.05) is 5.02 Å². The van der Waals surface area contributed by atoms with Gasteiger partial charge in [0.2, 0.25) is 0 Å². The van der Waals surface area contributed by atoms with Crippen molar-refractivity contribution in [2.45, 2.75) is 13.0 Å². The van der Waals surface area contributed by atoms with E-state index in [9.17, 15) is 9.18 Å². The van der Waals surface area contributed by atoms with Gasteiger partial charge in [0.15, 0.2) is 6.10 Å². The Kier molecular flexibility index (Phi) is 6.23. The minimum Gasteiger partial charge on any atom is -0.492 e. The Hall–Kier alpha value is -2.27. The summed E-state index contributed by atoms with van der Waals surface area (Å²) in [5.74, 6) is 0.497. The van der Waals surface area contributed by atoms with Crippen LogP contribution >= 0.6 is 11.6 Å². The average Bonchev–Trinajstić information content (AvgIpc) is 2.53. The van der Waals surface area contributed by atoms with Gasteiger partial charge >= 0.3 is 0 Å². The van der Waals surface area contributed by atoms with E-state index in [1.807, 2.05) is 0 Å². The first-order valence-corrected chi connectivity index (χ1v) is 7.50. The van der Waals surface area contributed by atoms with E-state index >= 15 is 0 Å². The zero-order chi connectivity index (χ0) is 16.7. The molecule has 0 aliphatic heterocycles. The zero-order valence-electron chi connectivity index (χ0n) is 12.6. The van der Waals surface area contributed by atoms with E-state index in [0.29, 0.717) is 23.1 Å². The van der Waals surface area contributed by atoms with Crippen LogP contribution in [0.5, 0.6) is 11.5 Å². The van der Waals surface area contributed by atoms with Crippen LogP contribution in [-0.4, -0.2) is 25.2 Å². The number of nitrogens with one attached hydrogen (secondary N) is 1. The average molecular weight is 338 g/mol. The Bertz CT molecular complexity index is 649. The molecule has 0 heterocycles. The quantitative estimate of drug-likeness (QED) is 0.787. The van der Waals surface area contributed by atoms with Gasteiger partial charge in [0.05, 0.1) is 6.54 Å². The van der Waals surface area contributed by atoms with Crippen molar-refractivity contribution < 1.29 is 18.7 Å². The van der Waals surface area contributed by atoms with Gasteiger partial charge in [-0.3, -0.25) is 4.79 Å². The molecule has 2 aromatic carbocycles. The van der Waals surface area contributed by atoms with Crippen molar-refractivity contribution in [2.75, 3.05) is 13.2 Å². The number of hydrogen-bond donors (Lipinski definition) is 1. The summed E-state index contributed by atoms with van der Waals surface area (Å²) >= 11 is 5.86. The van der Waals surface area contributed by atoms with Crippen LogP contribution in [0, 0.1) is 5.82 Å². The van der Waals surface area contributed by atoms with E-state index in [-0.39, 0.29) is 18.3 Å². The normalized spacial score (nSPS) is 11.6. The summed E-state index contributed by atoms with van der Waals surface area (Å²) in [6.07, 6.45) is -0.653. The number of amides is 1. The molecule has 0 aliphatic rings. The highest BCUT2D eigenvalue weighted by Gasteiger charge is 2.14. The number of rotatable bonds is 7. The second-order valence-corrected chi connectivity index (χ2v) is 5.25. The van der Waals surface area contributed by atoms with E-state index in [0.717, 1.165) is 0 Å². The molecule has 0 saturated carbocycles. The summed E-state index contributed by atoms with van der Waals surface area (Å²) in [6, 6.07) is 12.5. The first-order chi connectivity index (χ1) is 11.0. The summed E-state index contributed by atoms with van der Waals surface area (Å²) in [5.41, 5.74) is 0. The molecule has 0 aliphatic carbocycles. The van der Waals surface area contributed by atoms with Crippen LogP contribution in [0.4, 0.5) is 4.39 Å². The van der Waals surface area contributed by atoms with E-state index in [1.54, 1.807) is 31.2 Å². The number of carbonyl (C=O) groups is 1. The fourth-order valence-electron chi connectivity index (χ4n) is 1.82. The monoisotopic (exact) mass is 337 g/mol. The summed E-state index contributed by atoms with van der Waals surface area (Å²) in [5, 5.41) is 3.25. The molecule has 0 spiro atoms. The Labute approximate surface area is 139 Å². The Morgan fingerprint density at radius 1 is 1.22 bits per heavy atom. The standard InChI is InChI=1S/C17H17ClFNO3/c1-12(23-16-4-2-3-13(18)11-16)17(21)20-9-10-22-15-7-5-14(19)6-8-15/h2-8,11-12H,9-10H2,1H3,(H,20,21)/t12-/m1/s1. The molecule has 0 radical (unpaired) electrons. The highest BCUT2D eigenvalue weighted by Crippen LogP contribution is 2.18. The van der Waals surface area contributed by atoms with Gasteiger partial charge in [-0.15, -0.1) is 0 Å². The van der Waals surface area contributed by atoms with Crippen molar-refractivity contribution in [3.8, 4) is 11.5 Å². The first kappa shape index (κ1) is 17.1. The lowest BCUT2D eigenvalue weighted by Gasteiger charge is -2.15. The molecule has 1 amide bonds. The fraction of sp³-hybridized carbons (Fsp3) is 0.235. The molecule has 2 rings (SSSR count). The molecule has 6 heteroatoms. The molecule has 0 unspecified atom stereocenters. The topological polar surface area (TPSA) is 47.6 Å². The third-order valence-electron chi connectivity index (χ3n) is 2.96. The maximum atomic E-state index is 12.7. The van der Waals surface area contributed by atoms with Crippen molar-refractivity contribution >= 4 is 17.5 Å². The van der Waals surface area contributed by atoms with Crippen molar-refractivity contribution in [3.05, 3.63) is 59.4 Å². The Balaban J connectivity index is 1.70. The minimum absolute atomic E-state index is 0.257. The van der Waals surface area contributed by atoms with Crippen LogP contribution in [0.1, 0.15) is 6.92 Å². The van der Waals surface area contributed by atoms with Crippen molar-refractivity contribution in [1.82, 2.24) is 5.32 Å². The largest absolute Gasteiger partial charge is 0.492 e. The van der Waals surface area contributed by atoms with E-state index in [1.165, 1.54) is 24.3 Å². The third kappa shape index (κ3) is 5.79. The fourth-order valence-corrected chi connectivity index (χ4v) is 2.00. The van der Waals surface area contributed by atoms with Crippen molar-refractivity contribution in [3.63, 3.8) is 0 Å². The molecular formula is C17H17ClFNO3. The van der Waals surface area contributed by atoms with E-state index < -0.39 is 6.10 Å². The number of carbonyl (C=O) groups excluding carboxylic acids is 1. The lowest BCUT2D eigenvalue weighted by Crippen LogP contribution is -2.38. The Morgan fingerprint density at radius 2 is 1.96 bits per heavy atom. The summed E-state index contributed by atoms with van der Waals surface area (Å²) in [7, 11) is 0. The molecule has 1 N–H and O–H groups in total. The number of benzene rings is 2.